The van der Waals surface area contributed by atoms with Crippen molar-refractivity contribution in [1.82, 2.24) is 10.3 Å². The first-order valence-corrected chi connectivity index (χ1v) is 5.86. The minimum atomic E-state index is 0.736. The standard InChI is InChI=1S/C13H18N2O/c1-3-14-8-4-5-11-6-7-12-13(9-11)16-10(2)15-12/h6-7,9,14H,3-5,8H2,1-2H3. The maximum atomic E-state index is 5.51. The largest absolute Gasteiger partial charge is 0.441 e. The predicted octanol–water partition coefficient (Wildman–Crippen LogP) is 2.68. The average molecular weight is 218 g/mol. The van der Waals surface area contributed by atoms with Crippen LogP contribution in [0.2, 0.25) is 0 Å². The molecular formula is C13H18N2O. The normalized spacial score (nSPS) is 11.1. The van der Waals surface area contributed by atoms with Crippen LogP contribution in [0.4, 0.5) is 0 Å². The molecule has 0 saturated heterocycles. The van der Waals surface area contributed by atoms with E-state index in [1.807, 2.05) is 13.0 Å². The first kappa shape index (κ1) is 11.1. The maximum absolute atomic E-state index is 5.51. The number of hydrogen-bond acceptors (Lipinski definition) is 3. The Morgan fingerprint density at radius 2 is 2.25 bits per heavy atom. The Morgan fingerprint density at radius 3 is 3.06 bits per heavy atom. The number of hydrogen-bond donors (Lipinski definition) is 1. The number of benzene rings is 1. The molecule has 1 aromatic carbocycles. The predicted molar refractivity (Wildman–Crippen MR) is 65.6 cm³/mol. The number of fused-ring (bicyclic) bond motifs is 1. The minimum absolute atomic E-state index is 0.736. The van der Waals surface area contributed by atoms with Gasteiger partial charge in [-0.05, 0) is 43.6 Å². The molecule has 0 fully saturated rings. The van der Waals surface area contributed by atoms with Gasteiger partial charge in [-0.1, -0.05) is 13.0 Å². The van der Waals surface area contributed by atoms with E-state index in [2.05, 4.69) is 29.4 Å². The van der Waals surface area contributed by atoms with Gasteiger partial charge >= 0.3 is 0 Å². The summed E-state index contributed by atoms with van der Waals surface area (Å²) in [6, 6.07) is 6.27. The first-order valence-electron chi connectivity index (χ1n) is 5.86. The van der Waals surface area contributed by atoms with Crippen molar-refractivity contribution in [3.05, 3.63) is 29.7 Å². The minimum Gasteiger partial charge on any atom is -0.441 e. The lowest BCUT2D eigenvalue weighted by Crippen LogP contribution is -2.14. The van der Waals surface area contributed by atoms with Crippen molar-refractivity contribution in [2.75, 3.05) is 13.1 Å². The summed E-state index contributed by atoms with van der Waals surface area (Å²) in [5.41, 5.74) is 3.17. The molecule has 3 nitrogen and oxygen atoms in total. The van der Waals surface area contributed by atoms with E-state index in [0.717, 1.165) is 42.9 Å². The van der Waals surface area contributed by atoms with Crippen molar-refractivity contribution < 1.29 is 4.42 Å². The molecule has 16 heavy (non-hydrogen) atoms. The Balaban J connectivity index is 2.02. The topological polar surface area (TPSA) is 38.1 Å². The second-order valence-corrected chi connectivity index (χ2v) is 3.99. The molecule has 2 rings (SSSR count). The zero-order chi connectivity index (χ0) is 11.4. The van der Waals surface area contributed by atoms with Crippen LogP contribution in [0.3, 0.4) is 0 Å². The van der Waals surface area contributed by atoms with E-state index >= 15 is 0 Å². The highest BCUT2D eigenvalue weighted by molar-refractivity contribution is 5.73. The molecule has 0 amide bonds. The van der Waals surface area contributed by atoms with Gasteiger partial charge in [-0.2, -0.15) is 0 Å². The summed E-state index contributed by atoms with van der Waals surface area (Å²) in [5, 5.41) is 3.32. The summed E-state index contributed by atoms with van der Waals surface area (Å²) in [6.07, 6.45) is 2.25. The second-order valence-electron chi connectivity index (χ2n) is 3.99. The molecule has 1 aromatic heterocycles. The van der Waals surface area contributed by atoms with E-state index in [4.69, 9.17) is 4.42 Å². The average Bonchev–Trinajstić information content (AvgIpc) is 2.64. The van der Waals surface area contributed by atoms with E-state index in [1.54, 1.807) is 0 Å². The fraction of sp³-hybridized carbons (Fsp3) is 0.462. The summed E-state index contributed by atoms with van der Waals surface area (Å²) < 4.78 is 5.51. The molecule has 0 aliphatic rings. The van der Waals surface area contributed by atoms with Gasteiger partial charge in [0, 0.05) is 6.92 Å². The van der Waals surface area contributed by atoms with Crippen LogP contribution in [0.15, 0.2) is 22.6 Å². The fourth-order valence-corrected chi connectivity index (χ4v) is 1.83. The summed E-state index contributed by atoms with van der Waals surface area (Å²) in [4.78, 5) is 4.28. The molecule has 1 heterocycles. The van der Waals surface area contributed by atoms with Gasteiger partial charge in [0.1, 0.15) is 5.52 Å². The molecule has 0 aliphatic heterocycles. The van der Waals surface area contributed by atoms with Crippen LogP contribution < -0.4 is 5.32 Å². The third-order valence-electron chi connectivity index (χ3n) is 2.63. The van der Waals surface area contributed by atoms with Crippen LogP contribution in [0.5, 0.6) is 0 Å². The summed E-state index contributed by atoms with van der Waals surface area (Å²) in [6.45, 7) is 6.12. The molecular weight excluding hydrogens is 200 g/mol. The van der Waals surface area contributed by atoms with Gasteiger partial charge in [0.05, 0.1) is 0 Å². The molecule has 0 aliphatic carbocycles. The number of nitrogens with one attached hydrogen (secondary N) is 1. The second kappa shape index (κ2) is 5.12. The van der Waals surface area contributed by atoms with Gasteiger partial charge < -0.3 is 9.73 Å². The van der Waals surface area contributed by atoms with Crippen molar-refractivity contribution in [2.45, 2.75) is 26.7 Å². The van der Waals surface area contributed by atoms with Crippen molar-refractivity contribution >= 4 is 11.1 Å². The molecule has 0 bridgehead atoms. The van der Waals surface area contributed by atoms with Gasteiger partial charge in [0.15, 0.2) is 11.5 Å². The molecule has 3 heteroatoms. The third-order valence-corrected chi connectivity index (χ3v) is 2.63. The van der Waals surface area contributed by atoms with Crippen LogP contribution in [0.1, 0.15) is 24.8 Å². The third kappa shape index (κ3) is 2.61. The number of rotatable bonds is 5. The molecule has 0 radical (unpaired) electrons. The highest BCUT2D eigenvalue weighted by atomic mass is 16.3. The molecule has 1 N–H and O–H groups in total. The smallest absolute Gasteiger partial charge is 0.192 e. The Morgan fingerprint density at radius 1 is 1.38 bits per heavy atom. The van der Waals surface area contributed by atoms with Gasteiger partial charge in [0.2, 0.25) is 0 Å². The van der Waals surface area contributed by atoms with Crippen LogP contribution >= 0.6 is 0 Å². The van der Waals surface area contributed by atoms with Crippen LogP contribution in [-0.4, -0.2) is 18.1 Å². The van der Waals surface area contributed by atoms with Gasteiger partial charge in [0.25, 0.3) is 0 Å². The van der Waals surface area contributed by atoms with Crippen LogP contribution in [0, 0.1) is 6.92 Å². The molecule has 0 saturated carbocycles. The van der Waals surface area contributed by atoms with Gasteiger partial charge in [-0.25, -0.2) is 4.98 Å². The monoisotopic (exact) mass is 218 g/mol. The van der Waals surface area contributed by atoms with Crippen LogP contribution in [-0.2, 0) is 6.42 Å². The lowest BCUT2D eigenvalue weighted by Gasteiger charge is -2.01. The van der Waals surface area contributed by atoms with E-state index in [1.165, 1.54) is 5.56 Å². The van der Waals surface area contributed by atoms with Crippen LogP contribution in [0.25, 0.3) is 11.1 Å². The molecule has 0 spiro atoms. The molecule has 2 aromatic rings. The van der Waals surface area contributed by atoms with E-state index < -0.39 is 0 Å². The van der Waals surface area contributed by atoms with Crippen molar-refractivity contribution in [1.29, 1.82) is 0 Å². The number of oxazole rings is 1. The summed E-state index contributed by atoms with van der Waals surface area (Å²) in [7, 11) is 0. The Bertz CT molecular complexity index is 462. The molecule has 0 atom stereocenters. The van der Waals surface area contributed by atoms with E-state index in [0.29, 0.717) is 0 Å². The lowest BCUT2D eigenvalue weighted by atomic mass is 10.1. The summed E-state index contributed by atoms with van der Waals surface area (Å²) in [5.74, 6) is 0.736. The number of nitrogens with zero attached hydrogens (tertiary/aromatic N) is 1. The Kier molecular flexibility index (Phi) is 3.57. The maximum Gasteiger partial charge on any atom is 0.192 e. The number of aryl methyl sites for hydroxylation is 2. The summed E-state index contributed by atoms with van der Waals surface area (Å²) >= 11 is 0. The van der Waals surface area contributed by atoms with Gasteiger partial charge in [-0.15, -0.1) is 0 Å². The van der Waals surface area contributed by atoms with E-state index in [9.17, 15) is 0 Å². The molecule has 0 unspecified atom stereocenters. The zero-order valence-corrected chi connectivity index (χ0v) is 9.92. The van der Waals surface area contributed by atoms with Crippen molar-refractivity contribution in [2.24, 2.45) is 0 Å². The zero-order valence-electron chi connectivity index (χ0n) is 9.92. The van der Waals surface area contributed by atoms with Gasteiger partial charge in [-0.3, -0.25) is 0 Å². The first-order chi connectivity index (χ1) is 7.79. The molecule has 86 valence electrons. The quantitative estimate of drug-likeness (QED) is 0.784. The SMILES string of the molecule is CCNCCCc1ccc2nc(C)oc2c1. The highest BCUT2D eigenvalue weighted by Crippen LogP contribution is 2.17. The Hall–Kier alpha value is -1.35. The number of aromatic nitrogens is 1. The lowest BCUT2D eigenvalue weighted by molar-refractivity contribution is 0.560. The Labute approximate surface area is 95.9 Å². The highest BCUT2D eigenvalue weighted by Gasteiger charge is 2.02. The van der Waals surface area contributed by atoms with Crippen molar-refractivity contribution in [3.8, 4) is 0 Å². The van der Waals surface area contributed by atoms with E-state index in [-0.39, 0.29) is 0 Å². The fourth-order valence-electron chi connectivity index (χ4n) is 1.83. The van der Waals surface area contributed by atoms with Crippen molar-refractivity contribution in [3.63, 3.8) is 0 Å².